The molecule has 4 radical (unpaired) electrons. The molecule has 124 heavy (non-hydrogen) atoms. The molecule has 4 rings (SSSR count). The fourth-order valence-corrected chi connectivity index (χ4v) is 7.05. The van der Waals surface area contributed by atoms with E-state index in [-0.39, 0.29) is 138 Å². The molecule has 0 aliphatic rings. The Kier molecular flexibility index (Phi) is 60.4. The van der Waals surface area contributed by atoms with Gasteiger partial charge in [0.15, 0.2) is 34.7 Å². The van der Waals surface area contributed by atoms with Gasteiger partial charge in [-0.1, -0.05) is 321 Å². The van der Waals surface area contributed by atoms with Gasteiger partial charge in [-0.15, -0.1) is 74.2 Å². The van der Waals surface area contributed by atoms with Crippen LogP contribution in [0.4, 0.5) is 22.7 Å². The zero-order chi connectivity index (χ0) is 95.4. The van der Waals surface area contributed by atoms with E-state index >= 15 is 0 Å². The third kappa shape index (κ3) is 55.0. The minimum Gasteiger partial charge on any atom is -0.875 e. The van der Waals surface area contributed by atoms with Gasteiger partial charge in [0.2, 0.25) is 0 Å². The molecule has 0 aliphatic carbocycles. The Bertz CT molecular complexity index is 3540. The van der Waals surface area contributed by atoms with Crippen molar-refractivity contribution in [2.75, 3.05) is 39.6 Å². The Balaban J connectivity index is -0.000000208. The van der Waals surface area contributed by atoms with E-state index in [1.165, 1.54) is 36.5 Å². The number of azo groups is 2. The minimum absolute atomic E-state index is 0. The molecule has 0 fully saturated rings. The molecule has 0 spiro atoms. The van der Waals surface area contributed by atoms with Crippen molar-refractivity contribution in [1.82, 2.24) is 0 Å². The van der Waals surface area contributed by atoms with E-state index in [2.05, 4.69) is 20.5 Å². The fourth-order valence-electron chi connectivity index (χ4n) is 7.05. The summed E-state index contributed by atoms with van der Waals surface area (Å²) < 4.78 is 0. The van der Waals surface area contributed by atoms with Gasteiger partial charge in [-0.25, -0.2) is 0 Å². The maximum Gasteiger partial charge on any atom is 3.00 e. The van der Waals surface area contributed by atoms with Gasteiger partial charge in [0.05, 0.1) is 22.7 Å². The Morgan fingerprint density at radius 3 is 0.435 bits per heavy atom. The van der Waals surface area contributed by atoms with Crippen LogP contribution in [0.25, 0.3) is 0 Å². The summed E-state index contributed by atoms with van der Waals surface area (Å²) in [6.07, 6.45) is 7.33. The summed E-state index contributed by atoms with van der Waals surface area (Å²) in [6.45, 7) is 60.8. The van der Waals surface area contributed by atoms with Gasteiger partial charge in [0.1, 0.15) is 0 Å². The molecule has 0 aliphatic heterocycles. The van der Waals surface area contributed by atoms with E-state index < -0.39 is 115 Å². The normalized spacial score (nSPS) is 13.1. The van der Waals surface area contributed by atoms with Crippen molar-refractivity contribution in [3.8, 4) is 0 Å². The Hall–Kier alpha value is -6.82. The molecule has 0 bridgehead atoms. The first-order chi connectivity index (χ1) is 53.8. The first kappa shape index (κ1) is 133. The molecule has 0 unspecified atom stereocenters. The van der Waals surface area contributed by atoms with E-state index in [4.69, 9.17) is 0 Å². The van der Waals surface area contributed by atoms with Gasteiger partial charge in [-0.2, -0.15) is 20.5 Å². The summed E-state index contributed by atoms with van der Waals surface area (Å²) >= 11 is 0. The number of rotatable bonds is 18. The average Bonchev–Trinajstić information content (AvgIpc) is 0.826. The van der Waals surface area contributed by atoms with Crippen LogP contribution in [-0.2, 0) is 108 Å². The molecular formula is C98H144Fe4N4O18. The van der Waals surface area contributed by atoms with Gasteiger partial charge in [0.25, 0.3) is 0 Å². The molecule has 26 heteroatoms. The van der Waals surface area contributed by atoms with Gasteiger partial charge in [0, 0.05) is 32.5 Å². The van der Waals surface area contributed by atoms with Crippen LogP contribution in [0.5, 0.6) is 0 Å². The second-order valence-corrected chi connectivity index (χ2v) is 41.8. The Labute approximate surface area is 786 Å². The number of allylic oxidation sites excluding steroid dienone is 12. The molecule has 0 amide bonds. The van der Waals surface area contributed by atoms with Crippen LogP contribution >= 0.6 is 0 Å². The molecule has 0 saturated heterocycles. The molecular weight excluding hydrogens is 1740 g/mol. The number of carbonyl (C=O) groups excluding carboxylic acids is 6. The van der Waals surface area contributed by atoms with Gasteiger partial charge in [-0.3, -0.25) is 28.8 Å². The Morgan fingerprint density at radius 2 is 0.331 bits per heavy atom. The number of carbonyl (C=O) groups is 6. The average molecular weight is 1890 g/mol. The molecule has 696 valence electrons. The van der Waals surface area contributed by atoms with Crippen LogP contribution in [0.1, 0.15) is 260 Å². The largest absolute Gasteiger partial charge is 3.00 e. The predicted molar refractivity (Wildman–Crippen MR) is 459 cm³/mol. The number of benzene rings is 4. The summed E-state index contributed by atoms with van der Waals surface area (Å²) in [4.78, 5) is 68.7. The van der Waals surface area contributed by atoms with Crippen molar-refractivity contribution in [2.45, 2.75) is 260 Å². The van der Waals surface area contributed by atoms with E-state index in [1.54, 1.807) is 48.5 Å². The summed E-state index contributed by atoms with van der Waals surface area (Å²) in [5, 5.41) is 152. The molecule has 0 saturated carbocycles. The molecule has 0 heterocycles. The van der Waals surface area contributed by atoms with Crippen molar-refractivity contribution in [3.05, 3.63) is 191 Å². The van der Waals surface area contributed by atoms with Crippen molar-refractivity contribution >= 4 is 57.4 Å². The number of hydrogen-bond donors (Lipinski definition) is 0. The quantitative estimate of drug-likeness (QED) is 0.0386. The smallest absolute Gasteiger partial charge is 0.875 e. The second kappa shape index (κ2) is 56.5. The molecule has 4 aromatic carbocycles. The van der Waals surface area contributed by atoms with Crippen molar-refractivity contribution < 1.29 is 158 Å². The maximum absolute atomic E-state index is 11.4. The van der Waals surface area contributed by atoms with Crippen LogP contribution < -0.4 is 61.3 Å². The number of ketones is 6. The topological polar surface area (TPSA) is 429 Å². The third-order valence-electron chi connectivity index (χ3n) is 17.1. The summed E-state index contributed by atoms with van der Waals surface area (Å²) in [5.74, 6) is -1.25. The zero-order valence-electron chi connectivity index (χ0n) is 80.7. The summed E-state index contributed by atoms with van der Waals surface area (Å²) in [5.41, 5.74) is -4.62. The van der Waals surface area contributed by atoms with E-state index in [1.807, 2.05) is 310 Å². The molecule has 0 aromatic heterocycles. The zero-order valence-corrected chi connectivity index (χ0v) is 85.1. The van der Waals surface area contributed by atoms with E-state index in [9.17, 15) is 90.0 Å². The van der Waals surface area contributed by atoms with Gasteiger partial charge >= 0.3 is 68.3 Å². The first-order valence-electron chi connectivity index (χ1n) is 40.0. The maximum atomic E-state index is 11.4. The van der Waals surface area contributed by atoms with Crippen LogP contribution in [0.15, 0.2) is 201 Å². The SMILES string of the molecule is CC(C)(C)C(=O)/C=C(\[O-])C(C)(C)C.CC(C)(C)C(=O)/C=C(\[O-])C(C)(C)C.CC(C)(C)C(=O)/C=C(\[O-])C(C)(C)C.CC(C)(C)C(=O)/C=C(\[O-])C(C)(C)C.CC(C)(C)C(=O)/C=C(\[O-])C(C)(C)C.CC(C)(C)C(=O)/C=C(\[O-])C(C)(C)C.[Fe+3].[Fe+3].[Fe+3].[Fe+3].[O-]CC(C[O-])(C[O-])c1ccc(N=Nc2ccccc2)cc1.[O-]CC(C[O-])(C[O-])c1ccc(N=Nc2ccccc2)cc1. The monoisotopic (exact) mass is 1890 g/mol. The Morgan fingerprint density at radius 1 is 0.210 bits per heavy atom. The number of hydrogen-bond acceptors (Lipinski definition) is 22. The first-order valence-corrected chi connectivity index (χ1v) is 40.0. The fraction of sp³-hybridized carbons (Fsp3) is 0.571. The van der Waals surface area contributed by atoms with Crippen LogP contribution in [-0.4, -0.2) is 74.3 Å². The standard InChI is InChI=1S/2C16H15N2O3.6C11H20O2.4Fe/c2*19-10-16(11-20,12-21)13-6-8-15(9-7-13)18-17-14-4-2-1-3-5-14;6*1-10(2,3)8(12)7-9(13)11(4,5)6;;;;/h2*1-9H,10-12H2;6*7,12H,1-6H3;;;;/q2*-3;;;;;;;4*+3/p-6/b;;6*8-7-;;;;. The molecule has 22 nitrogen and oxygen atoms in total. The van der Waals surface area contributed by atoms with E-state index in [0.717, 1.165) is 11.4 Å². The number of nitrogens with zero attached hydrogens (tertiary/aromatic N) is 4. The molecule has 4 aromatic rings. The van der Waals surface area contributed by atoms with Crippen LogP contribution in [0.3, 0.4) is 0 Å². The summed E-state index contributed by atoms with van der Waals surface area (Å²) in [6, 6.07) is 31.6. The third-order valence-corrected chi connectivity index (χ3v) is 17.1. The van der Waals surface area contributed by atoms with Gasteiger partial charge < -0.3 is 61.3 Å². The van der Waals surface area contributed by atoms with Crippen LogP contribution in [0.2, 0.25) is 0 Å². The molecule has 0 N–H and O–H groups in total. The van der Waals surface area contributed by atoms with Crippen molar-refractivity contribution in [2.24, 2.45) is 85.4 Å². The predicted octanol–water partition coefficient (Wildman–Crippen LogP) is 12.2. The van der Waals surface area contributed by atoms with Crippen molar-refractivity contribution in [1.29, 1.82) is 0 Å². The molecule has 0 atom stereocenters. The minimum atomic E-state index is -1.37. The van der Waals surface area contributed by atoms with E-state index in [0.29, 0.717) is 22.5 Å². The summed E-state index contributed by atoms with van der Waals surface area (Å²) in [7, 11) is 0. The van der Waals surface area contributed by atoms with Gasteiger partial charge in [-0.05, 0) is 129 Å². The van der Waals surface area contributed by atoms with Crippen LogP contribution in [0, 0.1) is 65.0 Å². The van der Waals surface area contributed by atoms with Crippen molar-refractivity contribution in [3.63, 3.8) is 0 Å². The second-order valence-electron chi connectivity index (χ2n) is 41.8.